The summed E-state index contributed by atoms with van der Waals surface area (Å²) in [6, 6.07) is 1.91. The largest absolute Gasteiger partial charge is 0.426 e. The Hall–Kier alpha value is -2.08. The molecular weight excluding hydrogens is 526 g/mol. The van der Waals surface area contributed by atoms with Crippen LogP contribution in [0.5, 0.6) is 5.75 Å². The SMILES string of the molecule is C#Cc1cn(C2CCC(COP3OCc4c(F)c(C(C)(C)C)cc(C(C)(C)C)c4O3)O2)c(=S)[nH]c1=O.CC. The van der Waals surface area contributed by atoms with Crippen LogP contribution in [-0.2, 0) is 31.2 Å². The number of halogens is 1. The van der Waals surface area contributed by atoms with Gasteiger partial charge in [-0.15, -0.1) is 6.42 Å². The smallest absolute Gasteiger partial charge is 0.397 e. The van der Waals surface area contributed by atoms with Crippen molar-refractivity contribution in [3.63, 3.8) is 0 Å². The first-order valence-electron chi connectivity index (χ1n) is 12.9. The first-order chi connectivity index (χ1) is 17.8. The van der Waals surface area contributed by atoms with E-state index < -0.39 is 14.2 Å². The van der Waals surface area contributed by atoms with Crippen LogP contribution < -0.4 is 10.1 Å². The third-order valence-electron chi connectivity index (χ3n) is 6.29. The highest BCUT2D eigenvalue weighted by Gasteiger charge is 2.36. The summed E-state index contributed by atoms with van der Waals surface area (Å²) in [5.41, 5.74) is 1.18. The average molecular weight is 565 g/mol. The molecule has 3 unspecified atom stereocenters. The van der Waals surface area contributed by atoms with Gasteiger partial charge in [-0.3, -0.25) is 23.4 Å². The summed E-state index contributed by atoms with van der Waals surface area (Å²) in [4.78, 5) is 14.4. The van der Waals surface area contributed by atoms with Gasteiger partial charge in [0.1, 0.15) is 23.4 Å². The quantitative estimate of drug-likeness (QED) is 0.241. The van der Waals surface area contributed by atoms with Crippen LogP contribution in [0, 0.1) is 22.9 Å². The Morgan fingerprint density at radius 1 is 1.21 bits per heavy atom. The second-order valence-corrected chi connectivity index (χ2v) is 12.7. The molecule has 7 nitrogen and oxygen atoms in total. The molecular formula is C28H38FN2O5PS. The lowest BCUT2D eigenvalue weighted by atomic mass is 9.78. The summed E-state index contributed by atoms with van der Waals surface area (Å²) in [5, 5.41) is 0. The van der Waals surface area contributed by atoms with Crippen molar-refractivity contribution in [3.05, 3.63) is 55.5 Å². The molecule has 2 aromatic rings. The minimum absolute atomic E-state index is 0.0788. The van der Waals surface area contributed by atoms with Crippen LogP contribution in [0.25, 0.3) is 0 Å². The summed E-state index contributed by atoms with van der Waals surface area (Å²) < 4.78 is 41.3. The Morgan fingerprint density at radius 2 is 1.87 bits per heavy atom. The summed E-state index contributed by atoms with van der Waals surface area (Å²) in [7, 11) is -1.72. The first-order valence-corrected chi connectivity index (χ1v) is 14.4. The van der Waals surface area contributed by atoms with Crippen molar-refractivity contribution in [2.75, 3.05) is 6.61 Å². The number of nitrogens with one attached hydrogen (secondary N) is 1. The highest BCUT2D eigenvalue weighted by Crippen LogP contribution is 2.52. The Morgan fingerprint density at radius 3 is 2.47 bits per heavy atom. The molecule has 3 atom stereocenters. The van der Waals surface area contributed by atoms with E-state index in [0.29, 0.717) is 29.7 Å². The van der Waals surface area contributed by atoms with Crippen LogP contribution >= 0.6 is 20.8 Å². The molecule has 4 rings (SSSR count). The fourth-order valence-electron chi connectivity index (χ4n) is 4.28. The summed E-state index contributed by atoms with van der Waals surface area (Å²) >= 11 is 5.27. The van der Waals surface area contributed by atoms with Gasteiger partial charge in [0.25, 0.3) is 5.56 Å². The van der Waals surface area contributed by atoms with Gasteiger partial charge in [0.2, 0.25) is 0 Å². The Kier molecular flexibility index (Phi) is 9.60. The number of terminal acetylenes is 1. The van der Waals surface area contributed by atoms with E-state index in [4.69, 9.17) is 36.9 Å². The molecule has 1 aromatic heterocycles. The molecule has 0 saturated carbocycles. The number of ether oxygens (including phenoxy) is 1. The molecule has 1 aromatic carbocycles. The van der Waals surface area contributed by atoms with Crippen LogP contribution in [0.4, 0.5) is 4.39 Å². The molecule has 0 amide bonds. The number of hydrogen-bond donors (Lipinski definition) is 1. The molecule has 10 heteroatoms. The number of H-pyrrole nitrogens is 1. The molecule has 1 N–H and O–H groups in total. The minimum Gasteiger partial charge on any atom is -0.426 e. The third kappa shape index (κ3) is 6.55. The highest BCUT2D eigenvalue weighted by molar-refractivity contribution is 7.71. The van der Waals surface area contributed by atoms with E-state index in [2.05, 4.69) is 31.7 Å². The van der Waals surface area contributed by atoms with Crippen LogP contribution in [0.2, 0.25) is 0 Å². The van der Waals surface area contributed by atoms with Crippen LogP contribution in [0.15, 0.2) is 17.1 Å². The summed E-state index contributed by atoms with van der Waals surface area (Å²) in [5.74, 6) is 2.58. The second kappa shape index (κ2) is 12.0. The number of benzene rings is 1. The van der Waals surface area contributed by atoms with E-state index >= 15 is 4.39 Å². The van der Waals surface area contributed by atoms with E-state index in [1.165, 1.54) is 6.20 Å². The lowest BCUT2D eigenvalue weighted by Crippen LogP contribution is -2.23. The summed E-state index contributed by atoms with van der Waals surface area (Å²) in [6.45, 7) is 16.5. The van der Waals surface area contributed by atoms with E-state index in [1.807, 2.05) is 40.7 Å². The minimum atomic E-state index is -1.72. The van der Waals surface area contributed by atoms with E-state index in [0.717, 1.165) is 5.56 Å². The Bertz CT molecular complexity index is 1320. The lowest BCUT2D eigenvalue weighted by Gasteiger charge is -2.33. The normalized spacial score (nSPS) is 21.1. The fraction of sp³-hybridized carbons (Fsp3) is 0.571. The molecule has 2 aliphatic heterocycles. The van der Waals surface area contributed by atoms with Gasteiger partial charge in [-0.05, 0) is 47.5 Å². The van der Waals surface area contributed by atoms with E-state index in [-0.39, 0.29) is 52.5 Å². The third-order valence-corrected chi connectivity index (χ3v) is 7.63. The molecule has 1 fully saturated rings. The van der Waals surface area contributed by atoms with Crippen molar-refractivity contribution in [2.24, 2.45) is 0 Å². The number of fused-ring (bicyclic) bond motifs is 1. The van der Waals surface area contributed by atoms with Crippen molar-refractivity contribution in [2.45, 2.75) is 98.0 Å². The number of aromatic nitrogens is 2. The first kappa shape index (κ1) is 30.5. The second-order valence-electron chi connectivity index (χ2n) is 11.1. The van der Waals surface area contributed by atoms with Crippen LogP contribution in [0.1, 0.15) is 96.7 Å². The maximum atomic E-state index is 15.4. The number of hydrogen-bond acceptors (Lipinski definition) is 6. The predicted molar refractivity (Wildman–Crippen MR) is 150 cm³/mol. The van der Waals surface area contributed by atoms with Gasteiger partial charge in [-0.25, -0.2) is 4.39 Å². The van der Waals surface area contributed by atoms with Gasteiger partial charge in [0.05, 0.1) is 24.9 Å². The van der Waals surface area contributed by atoms with Crippen molar-refractivity contribution < 1.29 is 22.7 Å². The Balaban J connectivity index is 0.00000195. The average Bonchev–Trinajstić information content (AvgIpc) is 3.31. The molecule has 1 saturated heterocycles. The predicted octanol–water partition coefficient (Wildman–Crippen LogP) is 7.18. The maximum absolute atomic E-state index is 15.4. The molecule has 0 bridgehead atoms. The van der Waals surface area contributed by atoms with E-state index in [9.17, 15) is 4.79 Å². The number of rotatable bonds is 4. The maximum Gasteiger partial charge on any atom is 0.397 e. The van der Waals surface area contributed by atoms with Gasteiger partial charge in [0.15, 0.2) is 4.77 Å². The Labute approximate surface area is 231 Å². The van der Waals surface area contributed by atoms with Gasteiger partial charge in [-0.2, -0.15) is 0 Å². The van der Waals surface area contributed by atoms with Gasteiger partial charge in [0, 0.05) is 11.8 Å². The summed E-state index contributed by atoms with van der Waals surface area (Å²) in [6.07, 6.45) is 7.75. The monoisotopic (exact) mass is 564 g/mol. The van der Waals surface area contributed by atoms with Gasteiger partial charge >= 0.3 is 8.60 Å². The molecule has 0 spiro atoms. The van der Waals surface area contributed by atoms with Crippen LogP contribution in [0.3, 0.4) is 0 Å². The molecule has 38 heavy (non-hydrogen) atoms. The standard InChI is InChI=1S/C26H32FN2O5PS.C2H6/c1-8-15-12-29(24(36)28-23(15)30)20-10-9-16(33-20)13-31-35-32-14-17-21(27)18(25(2,3)4)11-19(22(17)34-35)26(5,6)7;1-2/h1,11-12,16,20H,9-10,13-14H2,2-7H3,(H,28,30,36);1-2H3. The molecule has 0 aliphatic carbocycles. The lowest BCUT2D eigenvalue weighted by molar-refractivity contribution is -0.0221. The molecule has 3 heterocycles. The fourth-order valence-corrected chi connectivity index (χ4v) is 5.60. The molecule has 2 aliphatic rings. The number of nitrogens with zero attached hydrogens (tertiary/aromatic N) is 1. The van der Waals surface area contributed by atoms with Crippen molar-refractivity contribution in [1.29, 1.82) is 0 Å². The van der Waals surface area contributed by atoms with E-state index in [1.54, 1.807) is 4.57 Å². The van der Waals surface area contributed by atoms with Gasteiger partial charge < -0.3 is 9.26 Å². The van der Waals surface area contributed by atoms with Crippen molar-refractivity contribution in [1.82, 2.24) is 9.55 Å². The topological polar surface area (TPSA) is 74.7 Å². The highest BCUT2D eigenvalue weighted by atomic mass is 32.1. The zero-order valence-corrected chi connectivity index (χ0v) is 25.1. The number of aromatic amines is 1. The zero-order valence-electron chi connectivity index (χ0n) is 23.4. The van der Waals surface area contributed by atoms with Crippen molar-refractivity contribution in [3.8, 4) is 18.1 Å². The van der Waals surface area contributed by atoms with Crippen LogP contribution in [-0.4, -0.2) is 22.3 Å². The molecule has 208 valence electrons. The zero-order chi connectivity index (χ0) is 28.4. The van der Waals surface area contributed by atoms with Crippen molar-refractivity contribution >= 4 is 20.8 Å². The van der Waals surface area contributed by atoms with Gasteiger partial charge in [-0.1, -0.05) is 61.3 Å². The molecule has 0 radical (unpaired) electrons.